The smallest absolute Gasteiger partial charge is 0.229 e. The quantitative estimate of drug-likeness (QED) is 0.550. The Bertz CT molecular complexity index is 725. The van der Waals surface area contributed by atoms with E-state index in [2.05, 4.69) is 71.0 Å². The number of nitrogens with one attached hydrogen (secondary N) is 1. The SMILES string of the molecule is O=C(CS)NCCCn1c2ccccc2c2ccccc21. The van der Waals surface area contributed by atoms with E-state index in [0.29, 0.717) is 6.54 Å². The standard InChI is InChI=1S/C17H18N2OS/c20-17(12-21)18-10-5-11-19-15-8-3-1-6-13(15)14-7-2-4-9-16(14)19/h1-4,6-9,21H,5,10-12H2,(H,18,20). The number of fused-ring (bicyclic) bond motifs is 3. The summed E-state index contributed by atoms with van der Waals surface area (Å²) in [6, 6.07) is 16.9. The van der Waals surface area contributed by atoms with Crippen LogP contribution < -0.4 is 5.32 Å². The fraction of sp³-hybridized carbons (Fsp3) is 0.235. The molecular weight excluding hydrogens is 280 g/mol. The molecule has 2 aromatic carbocycles. The minimum Gasteiger partial charge on any atom is -0.355 e. The zero-order valence-corrected chi connectivity index (χ0v) is 12.6. The van der Waals surface area contributed by atoms with Crippen molar-refractivity contribution < 1.29 is 4.79 Å². The molecule has 0 aliphatic carbocycles. The number of aryl methyl sites for hydroxylation is 1. The van der Waals surface area contributed by atoms with E-state index in [4.69, 9.17) is 0 Å². The van der Waals surface area contributed by atoms with Gasteiger partial charge in [0.1, 0.15) is 0 Å². The summed E-state index contributed by atoms with van der Waals surface area (Å²) in [5.41, 5.74) is 2.50. The highest BCUT2D eigenvalue weighted by Crippen LogP contribution is 2.28. The highest BCUT2D eigenvalue weighted by molar-refractivity contribution is 7.81. The number of carbonyl (C=O) groups is 1. The van der Waals surface area contributed by atoms with Crippen molar-refractivity contribution in [2.45, 2.75) is 13.0 Å². The fourth-order valence-electron chi connectivity index (χ4n) is 2.77. The number of aromatic nitrogens is 1. The van der Waals surface area contributed by atoms with Crippen molar-refractivity contribution in [1.82, 2.24) is 9.88 Å². The molecule has 3 aromatic rings. The number of benzene rings is 2. The molecule has 108 valence electrons. The van der Waals surface area contributed by atoms with Gasteiger partial charge in [0, 0.05) is 34.9 Å². The van der Waals surface area contributed by atoms with Crippen molar-refractivity contribution in [1.29, 1.82) is 0 Å². The van der Waals surface area contributed by atoms with Gasteiger partial charge in [-0.25, -0.2) is 0 Å². The second-order valence-electron chi connectivity index (χ2n) is 5.05. The third kappa shape index (κ3) is 2.76. The fourth-order valence-corrected chi connectivity index (χ4v) is 2.88. The molecule has 21 heavy (non-hydrogen) atoms. The van der Waals surface area contributed by atoms with Crippen molar-refractivity contribution in [3.63, 3.8) is 0 Å². The van der Waals surface area contributed by atoms with Crippen molar-refractivity contribution in [3.8, 4) is 0 Å². The van der Waals surface area contributed by atoms with Crippen molar-refractivity contribution in [2.75, 3.05) is 12.3 Å². The molecule has 0 aliphatic rings. The molecule has 0 saturated carbocycles. The van der Waals surface area contributed by atoms with Gasteiger partial charge in [-0.15, -0.1) is 0 Å². The molecule has 0 bridgehead atoms. The van der Waals surface area contributed by atoms with E-state index in [1.54, 1.807) is 0 Å². The zero-order chi connectivity index (χ0) is 14.7. The summed E-state index contributed by atoms with van der Waals surface area (Å²) >= 11 is 3.96. The number of hydrogen-bond acceptors (Lipinski definition) is 2. The van der Waals surface area contributed by atoms with Crippen LogP contribution in [0, 0.1) is 0 Å². The molecule has 1 heterocycles. The number of amides is 1. The average molecular weight is 298 g/mol. The molecule has 0 aliphatic heterocycles. The van der Waals surface area contributed by atoms with Gasteiger partial charge in [0.05, 0.1) is 5.75 Å². The Kier molecular flexibility index (Phi) is 4.15. The van der Waals surface area contributed by atoms with Crippen LogP contribution in [0.2, 0.25) is 0 Å². The first kappa shape index (κ1) is 14.0. The van der Waals surface area contributed by atoms with E-state index in [1.165, 1.54) is 21.8 Å². The molecule has 1 aromatic heterocycles. The summed E-state index contributed by atoms with van der Waals surface area (Å²) in [7, 11) is 0. The molecule has 0 unspecified atom stereocenters. The van der Waals surface area contributed by atoms with Gasteiger partial charge in [0.2, 0.25) is 5.91 Å². The molecule has 0 saturated heterocycles. The lowest BCUT2D eigenvalue weighted by Gasteiger charge is -2.08. The lowest BCUT2D eigenvalue weighted by molar-refractivity contribution is -0.118. The highest BCUT2D eigenvalue weighted by Gasteiger charge is 2.08. The van der Waals surface area contributed by atoms with Gasteiger partial charge in [0.15, 0.2) is 0 Å². The largest absolute Gasteiger partial charge is 0.355 e. The van der Waals surface area contributed by atoms with Gasteiger partial charge in [-0.3, -0.25) is 4.79 Å². The van der Waals surface area contributed by atoms with Crippen LogP contribution in [0.1, 0.15) is 6.42 Å². The van der Waals surface area contributed by atoms with Crippen LogP contribution in [0.15, 0.2) is 48.5 Å². The summed E-state index contributed by atoms with van der Waals surface area (Å²) in [6.07, 6.45) is 0.905. The van der Waals surface area contributed by atoms with Crippen molar-refractivity contribution in [3.05, 3.63) is 48.5 Å². The predicted molar refractivity (Wildman–Crippen MR) is 90.9 cm³/mol. The van der Waals surface area contributed by atoms with E-state index in [1.807, 2.05) is 0 Å². The van der Waals surface area contributed by atoms with Gasteiger partial charge in [-0.1, -0.05) is 36.4 Å². The molecule has 1 N–H and O–H groups in total. The van der Waals surface area contributed by atoms with E-state index in [0.717, 1.165) is 13.0 Å². The minimum atomic E-state index is -0.0134. The Morgan fingerprint density at radius 1 is 1.00 bits per heavy atom. The number of para-hydroxylation sites is 2. The van der Waals surface area contributed by atoms with Gasteiger partial charge in [-0.05, 0) is 18.6 Å². The lowest BCUT2D eigenvalue weighted by atomic mass is 10.2. The molecule has 0 spiro atoms. The third-order valence-electron chi connectivity index (χ3n) is 3.70. The summed E-state index contributed by atoms with van der Waals surface area (Å²) in [4.78, 5) is 11.2. The maximum absolute atomic E-state index is 11.2. The Hall–Kier alpha value is -1.94. The topological polar surface area (TPSA) is 34.0 Å². The third-order valence-corrected chi connectivity index (χ3v) is 3.99. The highest BCUT2D eigenvalue weighted by atomic mass is 32.1. The Morgan fingerprint density at radius 2 is 1.57 bits per heavy atom. The van der Waals surface area contributed by atoms with Gasteiger partial charge >= 0.3 is 0 Å². The lowest BCUT2D eigenvalue weighted by Crippen LogP contribution is -2.26. The number of carbonyl (C=O) groups excluding carboxylic acids is 1. The Balaban J connectivity index is 1.88. The van der Waals surface area contributed by atoms with Gasteiger partial charge in [-0.2, -0.15) is 12.6 Å². The molecular formula is C17H18N2OS. The Labute approximate surface area is 129 Å². The van der Waals surface area contributed by atoms with Gasteiger partial charge in [0.25, 0.3) is 0 Å². The number of rotatable bonds is 5. The van der Waals surface area contributed by atoms with E-state index in [-0.39, 0.29) is 11.7 Å². The molecule has 0 atom stereocenters. The van der Waals surface area contributed by atoms with Crippen LogP contribution in [0.4, 0.5) is 0 Å². The van der Waals surface area contributed by atoms with Gasteiger partial charge < -0.3 is 9.88 Å². The normalized spacial score (nSPS) is 11.1. The van der Waals surface area contributed by atoms with E-state index >= 15 is 0 Å². The van der Waals surface area contributed by atoms with Crippen LogP contribution >= 0.6 is 12.6 Å². The number of nitrogens with zero attached hydrogens (tertiary/aromatic N) is 1. The summed E-state index contributed by atoms with van der Waals surface area (Å²) in [5.74, 6) is 0.232. The van der Waals surface area contributed by atoms with E-state index in [9.17, 15) is 4.79 Å². The molecule has 4 heteroatoms. The van der Waals surface area contributed by atoms with E-state index < -0.39 is 0 Å². The Morgan fingerprint density at radius 3 is 2.14 bits per heavy atom. The maximum atomic E-state index is 11.2. The predicted octanol–water partition coefficient (Wildman–Crippen LogP) is 3.23. The van der Waals surface area contributed by atoms with Crippen molar-refractivity contribution >= 4 is 40.3 Å². The monoisotopic (exact) mass is 298 g/mol. The van der Waals surface area contributed by atoms with Crippen LogP contribution in [0.3, 0.4) is 0 Å². The first-order valence-electron chi connectivity index (χ1n) is 7.15. The number of thiol groups is 1. The summed E-state index contributed by atoms with van der Waals surface area (Å²) in [6.45, 7) is 1.57. The maximum Gasteiger partial charge on any atom is 0.229 e. The average Bonchev–Trinajstić information content (AvgIpc) is 2.86. The first-order chi connectivity index (χ1) is 10.3. The van der Waals surface area contributed by atoms with Crippen molar-refractivity contribution in [2.24, 2.45) is 0 Å². The second kappa shape index (κ2) is 6.22. The molecule has 3 rings (SSSR count). The summed E-state index contributed by atoms with van der Waals surface area (Å²) in [5, 5.41) is 5.43. The van der Waals surface area contributed by atoms with Crippen LogP contribution in [-0.2, 0) is 11.3 Å². The van der Waals surface area contributed by atoms with Crippen LogP contribution in [0.25, 0.3) is 21.8 Å². The first-order valence-corrected chi connectivity index (χ1v) is 7.78. The molecule has 3 nitrogen and oxygen atoms in total. The molecule has 1 amide bonds. The molecule has 0 radical (unpaired) electrons. The molecule has 0 fully saturated rings. The van der Waals surface area contributed by atoms with Crippen LogP contribution in [-0.4, -0.2) is 22.8 Å². The second-order valence-corrected chi connectivity index (χ2v) is 5.36. The summed E-state index contributed by atoms with van der Waals surface area (Å²) < 4.78 is 2.33. The van der Waals surface area contributed by atoms with Crippen LogP contribution in [0.5, 0.6) is 0 Å². The zero-order valence-electron chi connectivity index (χ0n) is 11.7. The number of hydrogen-bond donors (Lipinski definition) is 2. The minimum absolute atomic E-state index is 0.0134.